The van der Waals surface area contributed by atoms with Gasteiger partial charge < -0.3 is 4.74 Å². The number of rotatable bonds is 2. The number of pyridine rings is 1. The Kier molecular flexibility index (Phi) is 4.17. The highest BCUT2D eigenvalue weighted by Crippen LogP contribution is 2.28. The number of aromatic amines is 1. The monoisotopic (exact) mass is 424 g/mol. The quantitative estimate of drug-likeness (QED) is 0.606. The first-order valence-corrected chi connectivity index (χ1v) is 8.01. The summed E-state index contributed by atoms with van der Waals surface area (Å²) >= 11 is 6.98. The van der Waals surface area contributed by atoms with Gasteiger partial charge in [0.2, 0.25) is 5.65 Å². The molecule has 0 atom stereocenters. The number of aromatic nitrogens is 2. The summed E-state index contributed by atoms with van der Waals surface area (Å²) in [5.74, 6) is 0.607. The van der Waals surface area contributed by atoms with E-state index in [1.165, 1.54) is 7.11 Å². The van der Waals surface area contributed by atoms with Crippen LogP contribution in [-0.2, 0) is 4.74 Å². The van der Waals surface area contributed by atoms with Crippen molar-refractivity contribution >= 4 is 49.4 Å². The number of hydrogen-bond acceptors (Lipinski definition) is 2. The van der Waals surface area contributed by atoms with E-state index in [9.17, 15) is 4.79 Å². The van der Waals surface area contributed by atoms with E-state index < -0.39 is 6.09 Å². The number of benzene rings is 1. The number of H-pyrrole nitrogens is 1. The Labute approximate surface area is 143 Å². The largest absolute Gasteiger partial charge is 0.473 e. The summed E-state index contributed by atoms with van der Waals surface area (Å²) in [6.45, 7) is 0. The van der Waals surface area contributed by atoms with E-state index in [-0.39, 0.29) is 0 Å². The zero-order chi connectivity index (χ0) is 15.7. The van der Waals surface area contributed by atoms with Crippen LogP contribution in [0.5, 0.6) is 0 Å². The van der Waals surface area contributed by atoms with Crippen molar-refractivity contribution in [1.82, 2.24) is 4.98 Å². The van der Waals surface area contributed by atoms with E-state index in [4.69, 9.17) is 4.74 Å². The van der Waals surface area contributed by atoms with E-state index in [1.54, 1.807) is 0 Å². The number of nitrogens with zero attached hydrogens (tertiary/aromatic N) is 1. The van der Waals surface area contributed by atoms with Gasteiger partial charge in [0.1, 0.15) is 0 Å². The first kappa shape index (κ1) is 15.1. The molecule has 0 radical (unpaired) electrons. The lowest BCUT2D eigenvalue weighted by Crippen LogP contribution is -2.27. The molecule has 2 N–H and O–H groups in total. The topological polar surface area (TPSA) is 58.2 Å². The zero-order valence-corrected chi connectivity index (χ0v) is 14.7. The number of carbonyl (C=O) groups is 1. The average molecular weight is 426 g/mol. The fraction of sp³-hybridized carbons (Fsp3) is 0.0667. The number of ether oxygens (including phenoxy) is 1. The number of halogens is 2. The number of nitrogens with one attached hydrogen (secondary N) is 2. The summed E-state index contributed by atoms with van der Waals surface area (Å²) in [5, 5.41) is 2.77. The fourth-order valence-electron chi connectivity index (χ4n) is 2.21. The Hall–Kier alpha value is -1.86. The SMILES string of the molecule is COC(=O)Nc1c(-c2ccccc2)[nH]c2c(Br)cc(Br)c[n+]12. The van der Waals surface area contributed by atoms with Crippen LogP contribution in [0, 0.1) is 0 Å². The maximum atomic E-state index is 11.7. The minimum Gasteiger partial charge on any atom is -0.441 e. The Morgan fingerprint density at radius 3 is 2.68 bits per heavy atom. The minimum absolute atomic E-state index is 0.526. The maximum absolute atomic E-state index is 11.7. The molecular formula is C15H12Br2N3O2+. The summed E-state index contributed by atoms with van der Waals surface area (Å²) in [6, 6.07) is 11.7. The van der Waals surface area contributed by atoms with Crippen molar-refractivity contribution < 1.29 is 13.9 Å². The van der Waals surface area contributed by atoms with Crippen molar-refractivity contribution in [3.63, 3.8) is 0 Å². The number of anilines is 1. The Morgan fingerprint density at radius 2 is 2.00 bits per heavy atom. The molecule has 1 amide bonds. The lowest BCUT2D eigenvalue weighted by atomic mass is 10.1. The van der Waals surface area contributed by atoms with Crippen LogP contribution >= 0.6 is 31.9 Å². The van der Waals surface area contributed by atoms with E-state index in [2.05, 4.69) is 42.2 Å². The standard InChI is InChI=1S/C15H11Br2N3O2/c1-22-15(21)19-14-12(9-5-3-2-4-6-9)18-13-11(17)7-10(16)8-20(13)14/h2-8H,1H3,(H,19,21)/p+1. The summed E-state index contributed by atoms with van der Waals surface area (Å²) < 4.78 is 8.33. The summed E-state index contributed by atoms with van der Waals surface area (Å²) in [4.78, 5) is 15.0. The molecular weight excluding hydrogens is 414 g/mol. The molecule has 3 rings (SSSR count). The molecule has 3 aromatic rings. The van der Waals surface area contributed by atoms with Crippen LogP contribution in [0.25, 0.3) is 16.9 Å². The lowest BCUT2D eigenvalue weighted by molar-refractivity contribution is -0.495. The van der Waals surface area contributed by atoms with E-state index in [0.29, 0.717) is 5.82 Å². The molecule has 0 spiro atoms. The molecule has 0 bridgehead atoms. The van der Waals surface area contributed by atoms with Gasteiger partial charge in [-0.2, -0.15) is 0 Å². The molecule has 1 aromatic carbocycles. The Bertz CT molecular complexity index is 847. The Morgan fingerprint density at radius 1 is 1.27 bits per heavy atom. The van der Waals surface area contributed by atoms with Crippen molar-refractivity contribution in [2.24, 2.45) is 0 Å². The van der Waals surface area contributed by atoms with Gasteiger partial charge in [0.15, 0.2) is 5.69 Å². The maximum Gasteiger partial charge on any atom is 0.473 e. The molecule has 0 unspecified atom stereocenters. The van der Waals surface area contributed by atoms with E-state index in [0.717, 1.165) is 25.8 Å². The average Bonchev–Trinajstić information content (AvgIpc) is 2.87. The fourth-order valence-corrected chi connectivity index (χ4v) is 3.49. The van der Waals surface area contributed by atoms with Crippen LogP contribution in [-0.4, -0.2) is 18.2 Å². The second-order valence-corrected chi connectivity index (χ2v) is 6.33. The second kappa shape index (κ2) is 6.10. The van der Waals surface area contributed by atoms with Crippen molar-refractivity contribution in [3.8, 4) is 11.3 Å². The molecule has 0 aliphatic rings. The van der Waals surface area contributed by atoms with Gasteiger partial charge in [-0.1, -0.05) is 30.3 Å². The molecule has 0 saturated carbocycles. The smallest absolute Gasteiger partial charge is 0.441 e. The summed E-state index contributed by atoms with van der Waals surface area (Å²) in [5.41, 5.74) is 2.58. The molecule has 7 heteroatoms. The third-order valence-electron chi connectivity index (χ3n) is 3.17. The van der Waals surface area contributed by atoms with Crippen LogP contribution in [0.15, 0.2) is 51.5 Å². The van der Waals surface area contributed by atoms with Crippen LogP contribution in [0.4, 0.5) is 10.6 Å². The van der Waals surface area contributed by atoms with Gasteiger partial charge in [0.25, 0.3) is 5.82 Å². The molecule has 22 heavy (non-hydrogen) atoms. The molecule has 5 nitrogen and oxygen atoms in total. The highest BCUT2D eigenvalue weighted by molar-refractivity contribution is 9.11. The first-order valence-electron chi connectivity index (χ1n) is 6.43. The van der Waals surface area contributed by atoms with Crippen LogP contribution in [0.1, 0.15) is 0 Å². The van der Waals surface area contributed by atoms with Crippen LogP contribution in [0.2, 0.25) is 0 Å². The molecule has 0 aliphatic heterocycles. The molecule has 2 aromatic heterocycles. The number of fused-ring (bicyclic) bond motifs is 1. The predicted molar refractivity (Wildman–Crippen MR) is 90.8 cm³/mol. The number of imidazole rings is 1. The predicted octanol–water partition coefficient (Wildman–Crippen LogP) is 4.12. The van der Waals surface area contributed by atoms with Crippen LogP contribution in [0.3, 0.4) is 0 Å². The zero-order valence-electron chi connectivity index (χ0n) is 11.6. The molecule has 2 heterocycles. The Balaban J connectivity index is 2.28. The first-order chi connectivity index (χ1) is 10.6. The molecule has 0 aliphatic carbocycles. The highest BCUT2D eigenvalue weighted by Gasteiger charge is 2.24. The summed E-state index contributed by atoms with van der Waals surface area (Å²) in [7, 11) is 1.34. The van der Waals surface area contributed by atoms with Crippen molar-refractivity contribution in [1.29, 1.82) is 0 Å². The highest BCUT2D eigenvalue weighted by atomic mass is 79.9. The van der Waals surface area contributed by atoms with Gasteiger partial charge in [0, 0.05) is 5.56 Å². The van der Waals surface area contributed by atoms with Gasteiger partial charge in [-0.3, -0.25) is 4.98 Å². The third-order valence-corrected chi connectivity index (χ3v) is 4.21. The van der Waals surface area contributed by atoms with Crippen molar-refractivity contribution in [2.75, 3.05) is 12.4 Å². The van der Waals surface area contributed by atoms with Gasteiger partial charge >= 0.3 is 6.09 Å². The van der Waals surface area contributed by atoms with Gasteiger partial charge in [-0.15, -0.1) is 0 Å². The van der Waals surface area contributed by atoms with Crippen LogP contribution < -0.4 is 9.72 Å². The number of methoxy groups -OCH3 is 1. The third kappa shape index (κ3) is 2.74. The second-order valence-electron chi connectivity index (χ2n) is 4.56. The van der Waals surface area contributed by atoms with Crippen molar-refractivity contribution in [2.45, 2.75) is 0 Å². The van der Waals surface area contributed by atoms with Gasteiger partial charge in [-0.05, 0) is 37.9 Å². The molecule has 0 fully saturated rings. The lowest BCUT2D eigenvalue weighted by Gasteiger charge is -2.01. The molecule has 0 saturated heterocycles. The molecule has 112 valence electrons. The minimum atomic E-state index is -0.526. The normalized spacial score (nSPS) is 10.7. The summed E-state index contributed by atoms with van der Waals surface area (Å²) in [6.07, 6.45) is 1.34. The van der Waals surface area contributed by atoms with Crippen molar-refractivity contribution in [3.05, 3.63) is 51.5 Å². The van der Waals surface area contributed by atoms with E-state index in [1.807, 2.05) is 47.0 Å². The van der Waals surface area contributed by atoms with E-state index >= 15 is 0 Å². The van der Waals surface area contributed by atoms with Gasteiger partial charge in [0.05, 0.1) is 22.3 Å². The number of carbonyl (C=O) groups excluding carboxylic acids is 1. The number of hydrogen-bond donors (Lipinski definition) is 2. The van der Waals surface area contributed by atoms with Gasteiger partial charge in [-0.25, -0.2) is 14.5 Å². The number of amides is 1.